The molecule has 2 aliphatic rings. The minimum Gasteiger partial charge on any atom is -0.493 e. The summed E-state index contributed by atoms with van der Waals surface area (Å²) < 4.78 is 5.63. The van der Waals surface area contributed by atoms with E-state index in [-0.39, 0.29) is 0 Å². The second-order valence-electron chi connectivity index (χ2n) is 4.91. The highest BCUT2D eigenvalue weighted by atomic mass is 35.5. The SMILES string of the molecule is OC1(Cc2cc(Cl)cc3c2OCC3)CCC1. The van der Waals surface area contributed by atoms with Crippen LogP contribution in [0.15, 0.2) is 12.1 Å². The van der Waals surface area contributed by atoms with Crippen LogP contribution in [-0.4, -0.2) is 17.3 Å². The monoisotopic (exact) mass is 238 g/mol. The first kappa shape index (κ1) is 10.4. The second-order valence-corrected chi connectivity index (χ2v) is 5.34. The van der Waals surface area contributed by atoms with Crippen molar-refractivity contribution in [2.24, 2.45) is 0 Å². The molecule has 16 heavy (non-hydrogen) atoms. The van der Waals surface area contributed by atoms with Crippen LogP contribution >= 0.6 is 11.6 Å². The third-order valence-corrected chi connectivity index (χ3v) is 3.85. The van der Waals surface area contributed by atoms with Crippen molar-refractivity contribution >= 4 is 11.6 Å². The van der Waals surface area contributed by atoms with Crippen LogP contribution in [0.1, 0.15) is 30.4 Å². The molecule has 86 valence electrons. The van der Waals surface area contributed by atoms with Crippen molar-refractivity contribution in [3.8, 4) is 5.75 Å². The van der Waals surface area contributed by atoms with Crippen LogP contribution in [-0.2, 0) is 12.8 Å². The Balaban J connectivity index is 1.94. The molecule has 0 saturated heterocycles. The smallest absolute Gasteiger partial charge is 0.126 e. The molecule has 0 aromatic heterocycles. The minimum absolute atomic E-state index is 0.510. The number of aliphatic hydroxyl groups is 1. The van der Waals surface area contributed by atoms with E-state index in [1.807, 2.05) is 12.1 Å². The van der Waals surface area contributed by atoms with Crippen molar-refractivity contribution in [3.05, 3.63) is 28.3 Å². The highest BCUT2D eigenvalue weighted by molar-refractivity contribution is 6.30. The van der Waals surface area contributed by atoms with Crippen LogP contribution in [0.3, 0.4) is 0 Å². The molecule has 1 fully saturated rings. The Kier molecular flexibility index (Phi) is 2.37. The van der Waals surface area contributed by atoms with Crippen LogP contribution in [0.5, 0.6) is 5.75 Å². The van der Waals surface area contributed by atoms with Crippen molar-refractivity contribution < 1.29 is 9.84 Å². The summed E-state index contributed by atoms with van der Waals surface area (Å²) in [6.45, 7) is 0.737. The van der Waals surface area contributed by atoms with Gasteiger partial charge in [-0.3, -0.25) is 0 Å². The van der Waals surface area contributed by atoms with E-state index >= 15 is 0 Å². The molecule has 0 amide bonds. The van der Waals surface area contributed by atoms with E-state index in [9.17, 15) is 5.11 Å². The van der Waals surface area contributed by atoms with Gasteiger partial charge in [0.15, 0.2) is 0 Å². The molecular weight excluding hydrogens is 224 g/mol. The van der Waals surface area contributed by atoms with E-state index in [2.05, 4.69) is 0 Å². The maximum absolute atomic E-state index is 10.2. The maximum atomic E-state index is 10.2. The zero-order valence-electron chi connectivity index (χ0n) is 9.13. The zero-order valence-corrected chi connectivity index (χ0v) is 9.89. The van der Waals surface area contributed by atoms with E-state index in [1.165, 1.54) is 5.56 Å². The van der Waals surface area contributed by atoms with Gasteiger partial charge < -0.3 is 9.84 Å². The Morgan fingerprint density at radius 1 is 1.38 bits per heavy atom. The van der Waals surface area contributed by atoms with Crippen LogP contribution in [0.25, 0.3) is 0 Å². The number of benzene rings is 1. The summed E-state index contributed by atoms with van der Waals surface area (Å²) >= 11 is 6.08. The molecule has 1 aromatic carbocycles. The van der Waals surface area contributed by atoms with E-state index in [1.54, 1.807) is 0 Å². The van der Waals surface area contributed by atoms with Gasteiger partial charge in [0.05, 0.1) is 12.2 Å². The summed E-state index contributed by atoms with van der Waals surface area (Å²) in [4.78, 5) is 0. The first-order valence-electron chi connectivity index (χ1n) is 5.83. The van der Waals surface area contributed by atoms with Gasteiger partial charge in [0.1, 0.15) is 5.75 Å². The molecule has 2 nitrogen and oxygen atoms in total. The quantitative estimate of drug-likeness (QED) is 0.859. The molecule has 0 atom stereocenters. The fourth-order valence-corrected chi connectivity index (χ4v) is 2.86. The van der Waals surface area contributed by atoms with Crippen molar-refractivity contribution in [2.75, 3.05) is 6.61 Å². The van der Waals surface area contributed by atoms with E-state index < -0.39 is 5.60 Å². The fourth-order valence-electron chi connectivity index (χ4n) is 2.59. The third kappa shape index (κ3) is 1.70. The lowest BCUT2D eigenvalue weighted by Gasteiger charge is -2.37. The van der Waals surface area contributed by atoms with Gasteiger partial charge in [0.2, 0.25) is 0 Å². The summed E-state index contributed by atoms with van der Waals surface area (Å²) in [7, 11) is 0. The number of fused-ring (bicyclic) bond motifs is 1. The molecule has 0 bridgehead atoms. The number of hydrogen-bond acceptors (Lipinski definition) is 2. The fraction of sp³-hybridized carbons (Fsp3) is 0.538. The number of halogens is 1. The van der Waals surface area contributed by atoms with Gasteiger partial charge in [0, 0.05) is 17.9 Å². The summed E-state index contributed by atoms with van der Waals surface area (Å²) in [5.41, 5.74) is 1.75. The molecule has 1 aliphatic heterocycles. The summed E-state index contributed by atoms with van der Waals surface area (Å²) in [6, 6.07) is 3.90. The molecule has 1 aliphatic carbocycles. The van der Waals surface area contributed by atoms with E-state index in [0.717, 1.165) is 48.6 Å². The Bertz CT molecular complexity index is 424. The number of rotatable bonds is 2. The van der Waals surface area contributed by atoms with Crippen molar-refractivity contribution in [1.82, 2.24) is 0 Å². The Morgan fingerprint density at radius 3 is 2.88 bits per heavy atom. The molecule has 0 radical (unpaired) electrons. The van der Waals surface area contributed by atoms with Crippen LogP contribution in [0.2, 0.25) is 5.02 Å². The largest absolute Gasteiger partial charge is 0.493 e. The molecular formula is C13H15ClO2. The average molecular weight is 239 g/mol. The van der Waals surface area contributed by atoms with Crippen LogP contribution in [0, 0.1) is 0 Å². The molecule has 1 N–H and O–H groups in total. The van der Waals surface area contributed by atoms with Crippen molar-refractivity contribution in [2.45, 2.75) is 37.7 Å². The molecule has 0 unspecified atom stereocenters. The van der Waals surface area contributed by atoms with Gasteiger partial charge in [-0.15, -0.1) is 0 Å². The normalized spacial score (nSPS) is 21.1. The first-order chi connectivity index (χ1) is 7.66. The van der Waals surface area contributed by atoms with Crippen molar-refractivity contribution in [1.29, 1.82) is 0 Å². The molecule has 1 aromatic rings. The number of hydrogen-bond donors (Lipinski definition) is 1. The maximum Gasteiger partial charge on any atom is 0.126 e. The zero-order chi connectivity index (χ0) is 11.2. The Morgan fingerprint density at radius 2 is 2.19 bits per heavy atom. The predicted octanol–water partition coefficient (Wildman–Crippen LogP) is 2.73. The molecule has 0 spiro atoms. The van der Waals surface area contributed by atoms with E-state index in [4.69, 9.17) is 16.3 Å². The lowest BCUT2D eigenvalue weighted by atomic mass is 9.76. The standard InChI is InChI=1S/C13H15ClO2/c14-11-6-9-2-5-16-12(9)10(7-11)8-13(15)3-1-4-13/h6-7,15H,1-5,8H2. The Labute approximate surface area is 100 Å². The van der Waals surface area contributed by atoms with Gasteiger partial charge in [-0.2, -0.15) is 0 Å². The predicted molar refractivity (Wildman–Crippen MR) is 63.2 cm³/mol. The highest BCUT2D eigenvalue weighted by Crippen LogP contribution is 2.40. The minimum atomic E-state index is -0.510. The topological polar surface area (TPSA) is 29.5 Å². The second kappa shape index (κ2) is 3.64. The van der Waals surface area contributed by atoms with Crippen LogP contribution < -0.4 is 4.74 Å². The van der Waals surface area contributed by atoms with Gasteiger partial charge in [-0.05, 0) is 42.5 Å². The highest BCUT2D eigenvalue weighted by Gasteiger charge is 2.36. The van der Waals surface area contributed by atoms with Crippen molar-refractivity contribution in [3.63, 3.8) is 0 Å². The molecule has 3 heteroatoms. The van der Waals surface area contributed by atoms with Crippen LogP contribution in [0.4, 0.5) is 0 Å². The lowest BCUT2D eigenvalue weighted by molar-refractivity contribution is -0.0326. The van der Waals surface area contributed by atoms with E-state index in [0.29, 0.717) is 6.42 Å². The molecule has 1 saturated carbocycles. The lowest BCUT2D eigenvalue weighted by Crippen LogP contribution is -2.39. The first-order valence-corrected chi connectivity index (χ1v) is 6.21. The van der Waals surface area contributed by atoms with Gasteiger partial charge in [-0.1, -0.05) is 11.6 Å². The van der Waals surface area contributed by atoms with Gasteiger partial charge >= 0.3 is 0 Å². The molecule has 1 heterocycles. The summed E-state index contributed by atoms with van der Waals surface area (Å²) in [6.07, 6.45) is 4.53. The average Bonchev–Trinajstić information content (AvgIpc) is 2.63. The summed E-state index contributed by atoms with van der Waals surface area (Å²) in [5.74, 6) is 0.963. The Hall–Kier alpha value is -0.730. The molecule has 3 rings (SSSR count). The number of ether oxygens (including phenoxy) is 1. The van der Waals surface area contributed by atoms with Gasteiger partial charge in [0.25, 0.3) is 0 Å². The summed E-state index contributed by atoms with van der Waals surface area (Å²) in [5, 5.41) is 10.9. The van der Waals surface area contributed by atoms with Gasteiger partial charge in [-0.25, -0.2) is 0 Å². The third-order valence-electron chi connectivity index (χ3n) is 3.63.